The average molecular weight is 208 g/mol. The molecule has 1 N–H and O–H groups in total. The summed E-state index contributed by atoms with van der Waals surface area (Å²) in [7, 11) is 3.91. The Balaban J connectivity index is 2.52. The number of unbranched alkanes of at least 4 members (excludes halogenated alkanes) is 2. The Hall–Kier alpha value is -1.32. The standard InChI is InChI=1S/C11H20N4/c1-4-5-6-7-15(3)11-9-13-8-10(12-2)14-11/h8-9H,4-7H2,1-3H3,(H,12,14). The molecule has 1 heterocycles. The predicted molar refractivity (Wildman–Crippen MR) is 64.4 cm³/mol. The number of hydrogen-bond acceptors (Lipinski definition) is 4. The van der Waals surface area contributed by atoms with Gasteiger partial charge in [-0.2, -0.15) is 0 Å². The minimum absolute atomic E-state index is 0.815. The monoisotopic (exact) mass is 208 g/mol. The zero-order valence-electron chi connectivity index (χ0n) is 9.82. The maximum absolute atomic E-state index is 4.42. The lowest BCUT2D eigenvalue weighted by Crippen LogP contribution is -2.20. The summed E-state index contributed by atoms with van der Waals surface area (Å²) in [6.45, 7) is 3.25. The minimum Gasteiger partial charge on any atom is -0.372 e. The molecule has 0 aliphatic rings. The van der Waals surface area contributed by atoms with Crippen molar-refractivity contribution in [3.05, 3.63) is 12.4 Å². The van der Waals surface area contributed by atoms with Gasteiger partial charge in [-0.05, 0) is 6.42 Å². The third-order valence-electron chi connectivity index (χ3n) is 2.37. The van der Waals surface area contributed by atoms with E-state index in [4.69, 9.17) is 0 Å². The van der Waals surface area contributed by atoms with E-state index in [9.17, 15) is 0 Å². The van der Waals surface area contributed by atoms with Crippen molar-refractivity contribution in [2.75, 3.05) is 30.9 Å². The number of anilines is 2. The van der Waals surface area contributed by atoms with Gasteiger partial charge in [0.15, 0.2) is 0 Å². The molecule has 4 heteroatoms. The fraction of sp³-hybridized carbons (Fsp3) is 0.636. The van der Waals surface area contributed by atoms with Crippen LogP contribution >= 0.6 is 0 Å². The van der Waals surface area contributed by atoms with Gasteiger partial charge >= 0.3 is 0 Å². The molecule has 0 aromatic carbocycles. The van der Waals surface area contributed by atoms with Crippen LogP contribution in [-0.4, -0.2) is 30.6 Å². The highest BCUT2D eigenvalue weighted by Crippen LogP contribution is 2.11. The van der Waals surface area contributed by atoms with Gasteiger partial charge in [0.25, 0.3) is 0 Å². The summed E-state index contributed by atoms with van der Waals surface area (Å²) in [4.78, 5) is 10.7. The smallest absolute Gasteiger partial charge is 0.149 e. The third kappa shape index (κ3) is 3.73. The summed E-state index contributed by atoms with van der Waals surface area (Å²) in [5, 5.41) is 2.99. The van der Waals surface area contributed by atoms with Gasteiger partial charge in [-0.25, -0.2) is 4.98 Å². The van der Waals surface area contributed by atoms with Crippen LogP contribution in [0, 0.1) is 0 Å². The van der Waals surface area contributed by atoms with Gasteiger partial charge in [-0.15, -0.1) is 0 Å². The van der Waals surface area contributed by atoms with E-state index < -0.39 is 0 Å². The van der Waals surface area contributed by atoms with Crippen LogP contribution < -0.4 is 10.2 Å². The lowest BCUT2D eigenvalue weighted by molar-refractivity contribution is 0.700. The molecular weight excluding hydrogens is 188 g/mol. The van der Waals surface area contributed by atoms with E-state index in [2.05, 4.69) is 34.2 Å². The second kappa shape index (κ2) is 6.22. The van der Waals surface area contributed by atoms with E-state index in [1.165, 1.54) is 19.3 Å². The van der Waals surface area contributed by atoms with E-state index in [-0.39, 0.29) is 0 Å². The van der Waals surface area contributed by atoms with Gasteiger partial charge in [0.2, 0.25) is 0 Å². The number of hydrogen-bond donors (Lipinski definition) is 1. The molecule has 0 aliphatic heterocycles. The summed E-state index contributed by atoms with van der Waals surface area (Å²) in [6, 6.07) is 0. The first-order valence-electron chi connectivity index (χ1n) is 5.49. The summed E-state index contributed by atoms with van der Waals surface area (Å²) >= 11 is 0. The summed E-state index contributed by atoms with van der Waals surface area (Å²) in [5.41, 5.74) is 0. The summed E-state index contributed by atoms with van der Waals surface area (Å²) in [6.07, 6.45) is 7.24. The highest BCUT2D eigenvalue weighted by atomic mass is 15.2. The van der Waals surface area contributed by atoms with Crippen molar-refractivity contribution in [2.24, 2.45) is 0 Å². The van der Waals surface area contributed by atoms with Crippen LogP contribution in [0.2, 0.25) is 0 Å². The van der Waals surface area contributed by atoms with Crippen LogP contribution in [-0.2, 0) is 0 Å². The highest BCUT2D eigenvalue weighted by Gasteiger charge is 2.02. The van der Waals surface area contributed by atoms with Gasteiger partial charge in [0.05, 0.1) is 12.4 Å². The lowest BCUT2D eigenvalue weighted by atomic mass is 10.2. The topological polar surface area (TPSA) is 41.1 Å². The van der Waals surface area contributed by atoms with Crippen molar-refractivity contribution in [1.82, 2.24) is 9.97 Å². The fourth-order valence-corrected chi connectivity index (χ4v) is 1.37. The van der Waals surface area contributed by atoms with Gasteiger partial charge in [-0.3, -0.25) is 4.98 Å². The van der Waals surface area contributed by atoms with Crippen LogP contribution in [0.3, 0.4) is 0 Å². The molecule has 0 fully saturated rings. The quantitative estimate of drug-likeness (QED) is 0.727. The first kappa shape index (κ1) is 11.8. The summed E-state index contributed by atoms with van der Waals surface area (Å²) in [5.74, 6) is 1.74. The first-order chi connectivity index (χ1) is 7.27. The van der Waals surface area contributed by atoms with Crippen molar-refractivity contribution in [2.45, 2.75) is 26.2 Å². The van der Waals surface area contributed by atoms with E-state index in [1.807, 2.05) is 7.05 Å². The number of rotatable bonds is 6. The molecule has 1 aromatic rings. The molecular formula is C11H20N4. The predicted octanol–water partition coefficient (Wildman–Crippen LogP) is 2.14. The number of nitrogens with zero attached hydrogens (tertiary/aromatic N) is 3. The maximum Gasteiger partial charge on any atom is 0.149 e. The Morgan fingerprint density at radius 3 is 2.80 bits per heavy atom. The van der Waals surface area contributed by atoms with Crippen molar-refractivity contribution >= 4 is 11.6 Å². The zero-order chi connectivity index (χ0) is 11.1. The van der Waals surface area contributed by atoms with E-state index in [0.717, 1.165) is 18.2 Å². The maximum atomic E-state index is 4.42. The van der Waals surface area contributed by atoms with E-state index >= 15 is 0 Å². The van der Waals surface area contributed by atoms with Crippen LogP contribution in [0.1, 0.15) is 26.2 Å². The van der Waals surface area contributed by atoms with Crippen LogP contribution in [0.15, 0.2) is 12.4 Å². The molecule has 1 rings (SSSR count). The van der Waals surface area contributed by atoms with Crippen molar-refractivity contribution < 1.29 is 0 Å². The molecule has 0 saturated heterocycles. The molecule has 15 heavy (non-hydrogen) atoms. The van der Waals surface area contributed by atoms with E-state index in [1.54, 1.807) is 12.4 Å². The summed E-state index contributed by atoms with van der Waals surface area (Å²) < 4.78 is 0. The highest BCUT2D eigenvalue weighted by molar-refractivity contribution is 5.42. The Labute approximate surface area is 91.7 Å². The molecule has 4 nitrogen and oxygen atoms in total. The molecule has 0 spiro atoms. The van der Waals surface area contributed by atoms with Crippen LogP contribution in [0.25, 0.3) is 0 Å². The van der Waals surface area contributed by atoms with Crippen LogP contribution in [0.4, 0.5) is 11.6 Å². The zero-order valence-corrected chi connectivity index (χ0v) is 9.82. The molecule has 0 aliphatic carbocycles. The fourth-order valence-electron chi connectivity index (χ4n) is 1.37. The molecule has 0 amide bonds. The molecule has 0 atom stereocenters. The normalized spacial score (nSPS) is 10.1. The molecule has 0 unspecified atom stereocenters. The second-order valence-electron chi connectivity index (χ2n) is 3.64. The SMILES string of the molecule is CCCCCN(C)c1cncc(NC)n1. The Morgan fingerprint density at radius 2 is 2.13 bits per heavy atom. The first-order valence-corrected chi connectivity index (χ1v) is 5.49. The largest absolute Gasteiger partial charge is 0.372 e. The van der Waals surface area contributed by atoms with Gasteiger partial charge < -0.3 is 10.2 Å². The van der Waals surface area contributed by atoms with E-state index in [0.29, 0.717) is 0 Å². The number of aromatic nitrogens is 2. The molecule has 1 aromatic heterocycles. The lowest BCUT2D eigenvalue weighted by Gasteiger charge is -2.17. The Bertz CT molecular complexity index is 288. The molecule has 84 valence electrons. The molecule has 0 saturated carbocycles. The molecule has 0 bridgehead atoms. The van der Waals surface area contributed by atoms with Gasteiger partial charge in [-0.1, -0.05) is 19.8 Å². The third-order valence-corrected chi connectivity index (χ3v) is 2.37. The van der Waals surface area contributed by atoms with Crippen molar-refractivity contribution in [3.63, 3.8) is 0 Å². The average Bonchev–Trinajstić information content (AvgIpc) is 2.29. The van der Waals surface area contributed by atoms with Crippen molar-refractivity contribution in [3.8, 4) is 0 Å². The second-order valence-corrected chi connectivity index (χ2v) is 3.64. The van der Waals surface area contributed by atoms with Crippen LogP contribution in [0.5, 0.6) is 0 Å². The Kier molecular flexibility index (Phi) is 4.87. The number of nitrogens with one attached hydrogen (secondary N) is 1. The molecule has 0 radical (unpaired) electrons. The van der Waals surface area contributed by atoms with Gasteiger partial charge in [0, 0.05) is 20.6 Å². The Morgan fingerprint density at radius 1 is 1.33 bits per heavy atom. The minimum atomic E-state index is 0.815. The van der Waals surface area contributed by atoms with Crippen molar-refractivity contribution in [1.29, 1.82) is 0 Å². The van der Waals surface area contributed by atoms with Gasteiger partial charge in [0.1, 0.15) is 11.6 Å².